The van der Waals surface area contributed by atoms with E-state index < -0.39 is 23.2 Å². The highest BCUT2D eigenvalue weighted by Gasteiger charge is 2.33. The number of esters is 2. The van der Waals surface area contributed by atoms with Gasteiger partial charge in [0.2, 0.25) is 11.4 Å². The van der Waals surface area contributed by atoms with Crippen molar-refractivity contribution >= 4 is 77.3 Å². The van der Waals surface area contributed by atoms with E-state index in [0.29, 0.717) is 53.7 Å². The molecule has 6 aromatic carbocycles. The highest BCUT2D eigenvalue weighted by Crippen LogP contribution is 2.49. The first-order valence-corrected chi connectivity index (χ1v) is 21.7. The molecule has 0 amide bonds. The Kier molecular flexibility index (Phi) is 10.3. The maximum absolute atomic E-state index is 14.7. The molecular weight excluding hydrogens is 821 g/mol. The maximum atomic E-state index is 14.7. The molecule has 0 fully saturated rings. The summed E-state index contributed by atoms with van der Waals surface area (Å²) in [6.45, 7) is -0.0369. The van der Waals surface area contributed by atoms with E-state index in [1.807, 2.05) is 121 Å². The maximum Gasteiger partial charge on any atom is 0.345 e. The lowest BCUT2D eigenvalue weighted by atomic mass is 10.1. The van der Waals surface area contributed by atoms with E-state index in [1.54, 1.807) is 57.7 Å². The van der Waals surface area contributed by atoms with Gasteiger partial charge in [-0.2, -0.15) is 0 Å². The normalized spacial score (nSPS) is 11.4. The summed E-state index contributed by atoms with van der Waals surface area (Å²) in [5.41, 5.74) is 2.20. The molecule has 62 heavy (non-hydrogen) atoms. The van der Waals surface area contributed by atoms with Gasteiger partial charge in [-0.05, 0) is 69.1 Å². The third-order valence-corrected chi connectivity index (χ3v) is 12.8. The van der Waals surface area contributed by atoms with Crippen molar-refractivity contribution in [3.63, 3.8) is 0 Å². The molecule has 0 N–H and O–H groups in total. The van der Waals surface area contributed by atoms with Crippen LogP contribution in [0.15, 0.2) is 198 Å². The summed E-state index contributed by atoms with van der Waals surface area (Å²) in [5, 5.41) is 3.07. The molecule has 0 atom stereocenters. The lowest BCUT2D eigenvalue weighted by Gasteiger charge is -2.13. The SMILES string of the molecule is O=C(OCc1ccccc1)c1c(SSc2c(C(=O)OCc3ccccc3)c3c4ccccc4c(=O)oc3n2-c2ccccc2)n(-c2ccccc2)c2oc(=O)c3ccccc3c12. The molecule has 0 bridgehead atoms. The third kappa shape index (κ3) is 6.94. The van der Waals surface area contributed by atoms with Crippen LogP contribution in [-0.2, 0) is 22.7 Å². The van der Waals surface area contributed by atoms with Gasteiger partial charge in [-0.1, -0.05) is 133 Å². The number of nitrogens with zero attached hydrogens (tertiary/aromatic N) is 2. The second-order valence-corrected chi connectivity index (χ2v) is 16.3. The van der Waals surface area contributed by atoms with Gasteiger partial charge in [-0.25, -0.2) is 19.2 Å². The van der Waals surface area contributed by atoms with Gasteiger partial charge in [0.05, 0.1) is 21.5 Å². The van der Waals surface area contributed by atoms with Gasteiger partial charge < -0.3 is 18.3 Å². The number of rotatable bonds is 11. The number of carbonyl (C=O) groups excluding carboxylic acids is 2. The molecule has 0 unspecified atom stereocenters. The number of benzene rings is 6. The zero-order valence-corrected chi connectivity index (χ0v) is 34.2. The molecule has 10 aromatic rings. The molecule has 0 aliphatic rings. The first-order valence-electron chi connectivity index (χ1n) is 19.5. The number of fused-ring (bicyclic) bond motifs is 6. The summed E-state index contributed by atoms with van der Waals surface area (Å²) < 4.78 is 27.8. The van der Waals surface area contributed by atoms with Gasteiger partial charge in [0.25, 0.3) is 0 Å². The van der Waals surface area contributed by atoms with Crippen LogP contribution >= 0.6 is 21.6 Å². The van der Waals surface area contributed by atoms with Crippen molar-refractivity contribution in [2.75, 3.05) is 0 Å². The monoisotopic (exact) mass is 852 g/mol. The summed E-state index contributed by atoms with van der Waals surface area (Å²) in [5.74, 6) is -1.31. The fourth-order valence-electron chi connectivity index (χ4n) is 7.63. The van der Waals surface area contributed by atoms with Crippen LogP contribution in [0.2, 0.25) is 0 Å². The van der Waals surface area contributed by atoms with Gasteiger partial charge >= 0.3 is 23.2 Å². The van der Waals surface area contributed by atoms with Gasteiger partial charge in [0.15, 0.2) is 0 Å². The van der Waals surface area contributed by atoms with Crippen molar-refractivity contribution in [1.82, 2.24) is 9.13 Å². The number of hydrogen-bond acceptors (Lipinski definition) is 10. The summed E-state index contributed by atoms with van der Waals surface area (Å²) in [7, 11) is 2.32. The molecule has 10 rings (SSSR count). The molecule has 0 saturated carbocycles. The number of hydrogen-bond donors (Lipinski definition) is 0. The largest absolute Gasteiger partial charge is 0.457 e. The highest BCUT2D eigenvalue weighted by atomic mass is 33.1. The summed E-state index contributed by atoms with van der Waals surface area (Å²) in [6, 6.07) is 51.1. The second kappa shape index (κ2) is 16.5. The van der Waals surface area contributed by atoms with Crippen LogP contribution in [0.3, 0.4) is 0 Å². The van der Waals surface area contributed by atoms with Gasteiger partial charge in [0, 0.05) is 22.1 Å². The van der Waals surface area contributed by atoms with E-state index in [-0.39, 0.29) is 35.8 Å². The van der Waals surface area contributed by atoms with Crippen LogP contribution < -0.4 is 11.3 Å². The highest BCUT2D eigenvalue weighted by molar-refractivity contribution is 8.76. The lowest BCUT2D eigenvalue weighted by Crippen LogP contribution is -2.08. The van der Waals surface area contributed by atoms with E-state index >= 15 is 0 Å². The number of carbonyl (C=O) groups is 2. The van der Waals surface area contributed by atoms with E-state index in [4.69, 9.17) is 18.3 Å². The topological polar surface area (TPSA) is 123 Å². The molecule has 12 heteroatoms. The number of para-hydroxylation sites is 2. The van der Waals surface area contributed by atoms with Crippen LogP contribution in [0.5, 0.6) is 0 Å². The quantitative estimate of drug-likeness (QED) is 0.0917. The molecule has 0 spiro atoms. The van der Waals surface area contributed by atoms with Crippen LogP contribution in [0, 0.1) is 0 Å². The Hall–Kier alpha value is -7.54. The Morgan fingerprint density at radius 1 is 0.435 bits per heavy atom. The van der Waals surface area contributed by atoms with Crippen molar-refractivity contribution in [2.45, 2.75) is 23.3 Å². The zero-order chi connectivity index (χ0) is 42.2. The fraction of sp³-hybridized carbons (Fsp3) is 0.0400. The predicted octanol–water partition coefficient (Wildman–Crippen LogP) is 11.3. The number of aromatic nitrogens is 2. The third-order valence-electron chi connectivity index (χ3n) is 10.4. The van der Waals surface area contributed by atoms with E-state index in [2.05, 4.69) is 0 Å². The standard InChI is InChI=1S/C50H32N2O8S2/c53-47-37-27-15-13-25-35(37)39-41(49(55)57-29-31-17-5-1-6-18-31)45(51(43(39)59-47)33-21-9-3-10-22-33)61-62-46-42(50(56)58-30-32-19-7-2-8-20-32)40-36-26-14-16-28-38(36)48(54)60-44(40)52(46)34-23-11-4-12-24-34/h1-28H,29-30H2. The molecule has 302 valence electrons. The van der Waals surface area contributed by atoms with Crippen LogP contribution in [0.1, 0.15) is 31.8 Å². The van der Waals surface area contributed by atoms with Gasteiger partial charge in [-0.3, -0.25) is 9.13 Å². The molecule has 10 nitrogen and oxygen atoms in total. The lowest BCUT2D eigenvalue weighted by molar-refractivity contribution is 0.0462. The summed E-state index contributed by atoms with van der Waals surface area (Å²) >= 11 is 0. The second-order valence-electron chi connectivity index (χ2n) is 14.2. The van der Waals surface area contributed by atoms with Gasteiger partial charge in [-0.15, -0.1) is 0 Å². The predicted molar refractivity (Wildman–Crippen MR) is 241 cm³/mol. The minimum absolute atomic E-state index is 0.0184. The molecule has 0 aliphatic heterocycles. The number of ether oxygens (including phenoxy) is 2. The minimum Gasteiger partial charge on any atom is -0.457 e. The minimum atomic E-state index is -0.654. The first-order chi connectivity index (χ1) is 30.5. The van der Waals surface area contributed by atoms with Crippen molar-refractivity contribution in [3.8, 4) is 11.4 Å². The average molecular weight is 853 g/mol. The first kappa shape index (κ1) is 38.6. The van der Waals surface area contributed by atoms with Crippen LogP contribution in [0.4, 0.5) is 0 Å². The molecular formula is C50H32N2O8S2. The average Bonchev–Trinajstić information content (AvgIpc) is 3.83. The van der Waals surface area contributed by atoms with Crippen molar-refractivity contribution < 1.29 is 27.9 Å². The van der Waals surface area contributed by atoms with Crippen molar-refractivity contribution in [1.29, 1.82) is 0 Å². The van der Waals surface area contributed by atoms with Crippen molar-refractivity contribution in [3.05, 3.63) is 213 Å². The van der Waals surface area contributed by atoms with Crippen LogP contribution in [-0.4, -0.2) is 21.1 Å². The summed E-state index contributed by atoms with van der Waals surface area (Å²) in [6.07, 6.45) is 0. The smallest absolute Gasteiger partial charge is 0.345 e. The Morgan fingerprint density at radius 2 is 0.758 bits per heavy atom. The Balaban J connectivity index is 1.23. The fourth-order valence-corrected chi connectivity index (χ4v) is 10.3. The Labute approximate surface area is 360 Å². The summed E-state index contributed by atoms with van der Waals surface area (Å²) in [4.78, 5) is 56.8. The molecule has 0 aliphatic carbocycles. The van der Waals surface area contributed by atoms with E-state index in [0.717, 1.165) is 32.7 Å². The molecule has 4 heterocycles. The molecule has 0 radical (unpaired) electrons. The molecule has 4 aromatic heterocycles. The van der Waals surface area contributed by atoms with Crippen LogP contribution in [0.25, 0.3) is 55.1 Å². The zero-order valence-electron chi connectivity index (χ0n) is 32.6. The van der Waals surface area contributed by atoms with E-state index in [9.17, 15) is 19.2 Å². The van der Waals surface area contributed by atoms with Gasteiger partial charge in [0.1, 0.15) is 34.4 Å². The Bertz CT molecular complexity index is 3200. The Morgan fingerprint density at radius 3 is 1.13 bits per heavy atom. The van der Waals surface area contributed by atoms with E-state index in [1.165, 1.54) is 0 Å². The molecule has 0 saturated heterocycles. The van der Waals surface area contributed by atoms with Crippen molar-refractivity contribution in [2.24, 2.45) is 0 Å².